The van der Waals surface area contributed by atoms with Crippen LogP contribution in [-0.4, -0.2) is 20.4 Å². The van der Waals surface area contributed by atoms with Crippen molar-refractivity contribution in [1.29, 1.82) is 0 Å². The Bertz CT molecular complexity index is 744. The molecule has 2 heterocycles. The predicted molar refractivity (Wildman–Crippen MR) is 108 cm³/mol. The Labute approximate surface area is 161 Å². The molecule has 1 aliphatic carbocycles. The van der Waals surface area contributed by atoms with E-state index >= 15 is 0 Å². The molecule has 0 aliphatic heterocycles. The maximum Gasteiger partial charge on any atom is 0.213 e. The molecule has 0 atom stereocenters. The number of hydrogen-bond acceptors (Lipinski definition) is 4. The van der Waals surface area contributed by atoms with Crippen LogP contribution in [0.15, 0.2) is 0 Å². The Balaban J connectivity index is 1.47. The second kappa shape index (κ2) is 8.64. The van der Waals surface area contributed by atoms with Crippen molar-refractivity contribution >= 4 is 22.1 Å². The lowest BCUT2D eigenvalue weighted by Crippen LogP contribution is -2.27. The van der Waals surface area contributed by atoms with Crippen LogP contribution in [0.3, 0.4) is 0 Å². The van der Waals surface area contributed by atoms with Crippen LogP contribution < -0.4 is 0 Å². The van der Waals surface area contributed by atoms with Crippen molar-refractivity contribution in [3.8, 4) is 0 Å². The summed E-state index contributed by atoms with van der Waals surface area (Å²) in [6, 6.07) is 0. The van der Waals surface area contributed by atoms with Gasteiger partial charge in [0.1, 0.15) is 0 Å². The summed E-state index contributed by atoms with van der Waals surface area (Å²) in [5.74, 6) is 1.20. The monoisotopic (exact) mass is 375 g/mol. The van der Waals surface area contributed by atoms with Gasteiger partial charge in [-0.1, -0.05) is 83.5 Å². The van der Waals surface area contributed by atoms with Crippen LogP contribution in [0.2, 0.25) is 0 Å². The Morgan fingerprint density at radius 2 is 1.65 bits per heavy atom. The number of carbonyl (C=O) groups is 1. The van der Waals surface area contributed by atoms with Gasteiger partial charge in [-0.2, -0.15) is 5.10 Å². The number of unbranched alkanes of at least 4 members (excludes halogenated alkanes) is 8. The molecule has 0 N–H and O–H groups in total. The van der Waals surface area contributed by atoms with Gasteiger partial charge in [-0.15, -0.1) is 0 Å². The maximum absolute atomic E-state index is 12.4. The Morgan fingerprint density at radius 3 is 2.35 bits per heavy atom. The van der Waals surface area contributed by atoms with E-state index in [1.165, 1.54) is 69.1 Å². The van der Waals surface area contributed by atoms with Gasteiger partial charge in [0, 0.05) is 12.8 Å². The summed E-state index contributed by atoms with van der Waals surface area (Å²) in [4.78, 5) is 18.8. The SMILES string of the molecule is CCCCCCCCCCCc1nc2sc3c(n2n1)CC(C)(C)CC3=O. The van der Waals surface area contributed by atoms with Crippen molar-refractivity contribution in [3.63, 3.8) is 0 Å². The molecular weight excluding hydrogens is 342 g/mol. The summed E-state index contributed by atoms with van der Waals surface area (Å²) in [5, 5.41) is 4.72. The van der Waals surface area contributed by atoms with Crippen LogP contribution in [-0.2, 0) is 12.8 Å². The van der Waals surface area contributed by atoms with Gasteiger partial charge in [0.2, 0.25) is 4.96 Å². The summed E-state index contributed by atoms with van der Waals surface area (Å²) < 4.78 is 1.95. The first-order valence-corrected chi connectivity index (χ1v) is 11.2. The van der Waals surface area contributed by atoms with Gasteiger partial charge in [0.15, 0.2) is 11.6 Å². The molecule has 0 fully saturated rings. The fourth-order valence-corrected chi connectivity index (χ4v) is 4.96. The smallest absolute Gasteiger partial charge is 0.213 e. The molecule has 144 valence electrons. The molecule has 3 rings (SSSR count). The molecule has 0 aromatic carbocycles. The van der Waals surface area contributed by atoms with E-state index in [0.717, 1.165) is 34.2 Å². The van der Waals surface area contributed by atoms with Crippen molar-refractivity contribution in [2.75, 3.05) is 0 Å². The third-order valence-corrected chi connectivity index (χ3v) is 6.49. The fourth-order valence-electron chi connectivity index (χ4n) is 3.93. The van der Waals surface area contributed by atoms with Gasteiger partial charge >= 0.3 is 0 Å². The highest BCUT2D eigenvalue weighted by Crippen LogP contribution is 2.38. The van der Waals surface area contributed by atoms with E-state index in [4.69, 9.17) is 5.10 Å². The van der Waals surface area contributed by atoms with Crippen molar-refractivity contribution in [2.24, 2.45) is 5.41 Å². The maximum atomic E-state index is 12.4. The van der Waals surface area contributed by atoms with E-state index in [1.807, 2.05) is 4.52 Å². The second-order valence-electron chi connectivity index (χ2n) is 8.62. The van der Waals surface area contributed by atoms with Crippen LogP contribution in [0, 0.1) is 5.41 Å². The van der Waals surface area contributed by atoms with Crippen LogP contribution in [0.25, 0.3) is 4.96 Å². The van der Waals surface area contributed by atoms with Gasteiger partial charge in [0.05, 0.1) is 10.6 Å². The molecule has 1 aliphatic rings. The molecule has 0 radical (unpaired) electrons. The molecule has 0 saturated heterocycles. The first-order chi connectivity index (χ1) is 12.5. The van der Waals surface area contributed by atoms with Crippen LogP contribution in [0.1, 0.15) is 106 Å². The highest BCUT2D eigenvalue weighted by Gasteiger charge is 2.35. The average molecular weight is 376 g/mol. The van der Waals surface area contributed by atoms with Crippen molar-refractivity contribution in [1.82, 2.24) is 14.6 Å². The first kappa shape index (κ1) is 19.5. The Hall–Kier alpha value is -1.23. The Morgan fingerprint density at radius 1 is 1.00 bits per heavy atom. The number of thiazole rings is 1. The van der Waals surface area contributed by atoms with E-state index in [-0.39, 0.29) is 11.2 Å². The number of Topliss-reactive ketones (excluding diaryl/α,β-unsaturated/α-hetero) is 1. The number of nitrogens with zero attached hydrogens (tertiary/aromatic N) is 3. The van der Waals surface area contributed by atoms with Crippen molar-refractivity contribution in [2.45, 2.75) is 97.8 Å². The zero-order valence-corrected chi connectivity index (χ0v) is 17.5. The number of ketones is 1. The predicted octanol–water partition coefficient (Wildman–Crippen LogP) is 6.02. The summed E-state index contributed by atoms with van der Waals surface area (Å²) in [7, 11) is 0. The molecule has 5 heteroatoms. The quantitative estimate of drug-likeness (QED) is 0.477. The second-order valence-corrected chi connectivity index (χ2v) is 9.60. The lowest BCUT2D eigenvalue weighted by Gasteiger charge is -2.27. The number of aryl methyl sites for hydroxylation is 1. The third-order valence-electron chi connectivity index (χ3n) is 5.37. The summed E-state index contributed by atoms with van der Waals surface area (Å²) in [5.41, 5.74) is 1.11. The minimum Gasteiger partial charge on any atom is -0.293 e. The molecular formula is C21H33N3OS. The van der Waals surface area contributed by atoms with Gasteiger partial charge in [-0.3, -0.25) is 4.79 Å². The van der Waals surface area contributed by atoms with E-state index in [0.29, 0.717) is 6.42 Å². The van der Waals surface area contributed by atoms with E-state index < -0.39 is 0 Å². The molecule has 0 saturated carbocycles. The van der Waals surface area contributed by atoms with Crippen molar-refractivity contribution < 1.29 is 4.79 Å². The summed E-state index contributed by atoms with van der Waals surface area (Å²) >= 11 is 1.53. The minimum absolute atomic E-state index is 0.0291. The zero-order chi connectivity index (χ0) is 18.6. The van der Waals surface area contributed by atoms with Gasteiger partial charge < -0.3 is 0 Å². The molecule has 2 aromatic heterocycles. The number of hydrogen-bond donors (Lipinski definition) is 0. The third kappa shape index (κ3) is 4.73. The number of aromatic nitrogens is 3. The van der Waals surface area contributed by atoms with E-state index in [2.05, 4.69) is 25.8 Å². The highest BCUT2D eigenvalue weighted by atomic mass is 32.1. The van der Waals surface area contributed by atoms with E-state index in [1.54, 1.807) is 0 Å². The van der Waals surface area contributed by atoms with Crippen LogP contribution in [0.4, 0.5) is 0 Å². The normalized spacial score (nSPS) is 16.3. The Kier molecular flexibility index (Phi) is 6.49. The van der Waals surface area contributed by atoms with Gasteiger partial charge in [-0.05, 0) is 18.3 Å². The van der Waals surface area contributed by atoms with Crippen molar-refractivity contribution in [3.05, 3.63) is 16.4 Å². The number of fused-ring (bicyclic) bond motifs is 3. The molecule has 4 nitrogen and oxygen atoms in total. The average Bonchev–Trinajstić information content (AvgIpc) is 3.11. The number of rotatable bonds is 10. The van der Waals surface area contributed by atoms with Crippen LogP contribution >= 0.6 is 11.3 Å². The standard InChI is InChI=1S/C21H33N3OS/c1-4-5-6-7-8-9-10-11-12-13-18-22-20-24(23-18)16-14-21(2,3)15-17(25)19(16)26-20/h4-15H2,1-3H3. The number of carbonyl (C=O) groups excluding carboxylic acids is 1. The zero-order valence-electron chi connectivity index (χ0n) is 16.6. The molecule has 26 heavy (non-hydrogen) atoms. The molecule has 0 bridgehead atoms. The van der Waals surface area contributed by atoms with Gasteiger partial charge in [-0.25, -0.2) is 9.50 Å². The lowest BCUT2D eigenvalue weighted by atomic mass is 9.78. The molecule has 0 amide bonds. The first-order valence-electron chi connectivity index (χ1n) is 10.4. The lowest BCUT2D eigenvalue weighted by molar-refractivity contribution is 0.0915. The largest absolute Gasteiger partial charge is 0.293 e. The summed E-state index contributed by atoms with van der Waals surface area (Å²) in [6.07, 6.45) is 14.5. The fraction of sp³-hybridized carbons (Fsp3) is 0.762. The van der Waals surface area contributed by atoms with Crippen LogP contribution in [0.5, 0.6) is 0 Å². The van der Waals surface area contributed by atoms with Gasteiger partial charge in [0.25, 0.3) is 0 Å². The van der Waals surface area contributed by atoms with E-state index in [9.17, 15) is 4.79 Å². The highest BCUT2D eigenvalue weighted by molar-refractivity contribution is 7.19. The molecule has 0 spiro atoms. The molecule has 0 unspecified atom stereocenters. The minimum atomic E-state index is 0.0291. The summed E-state index contributed by atoms with van der Waals surface area (Å²) in [6.45, 7) is 6.59. The molecule has 2 aromatic rings. The topological polar surface area (TPSA) is 47.3 Å².